The molecule has 5 nitrogen and oxygen atoms in total. The fourth-order valence-electron chi connectivity index (χ4n) is 2.17. The van der Waals surface area contributed by atoms with E-state index in [-0.39, 0.29) is 0 Å². The Morgan fingerprint density at radius 3 is 3.06 bits per heavy atom. The van der Waals surface area contributed by atoms with Crippen molar-refractivity contribution in [2.45, 2.75) is 12.6 Å². The third-order valence-corrected chi connectivity index (χ3v) is 3.15. The van der Waals surface area contributed by atoms with Crippen molar-refractivity contribution in [3.05, 3.63) is 35.4 Å². The predicted octanol–water partition coefficient (Wildman–Crippen LogP) is 0.417. The first-order chi connectivity index (χ1) is 8.72. The van der Waals surface area contributed by atoms with E-state index in [4.69, 9.17) is 10.4 Å². The summed E-state index contributed by atoms with van der Waals surface area (Å²) in [6.45, 7) is 2.40. The van der Waals surface area contributed by atoms with E-state index in [1.54, 1.807) is 6.07 Å². The van der Waals surface area contributed by atoms with Crippen LogP contribution in [0.5, 0.6) is 0 Å². The van der Waals surface area contributed by atoms with Gasteiger partial charge in [0.25, 0.3) is 0 Å². The minimum absolute atomic E-state index is 0.448. The highest BCUT2D eigenvalue weighted by Crippen LogP contribution is 2.14. The van der Waals surface area contributed by atoms with Crippen LogP contribution in [0.15, 0.2) is 24.3 Å². The van der Waals surface area contributed by atoms with Crippen LogP contribution >= 0.6 is 0 Å². The highest BCUT2D eigenvalue weighted by molar-refractivity contribution is 5.74. The highest BCUT2D eigenvalue weighted by atomic mass is 16.4. The average Bonchev–Trinajstić information content (AvgIpc) is 2.40. The first-order valence-corrected chi connectivity index (χ1v) is 5.88. The van der Waals surface area contributed by atoms with Gasteiger partial charge in [0.1, 0.15) is 6.04 Å². The molecule has 0 amide bonds. The molecule has 5 heteroatoms. The monoisotopic (exact) mass is 245 g/mol. The molecular formula is C13H15N3O2. The van der Waals surface area contributed by atoms with Crippen LogP contribution in [0.25, 0.3) is 0 Å². The van der Waals surface area contributed by atoms with E-state index in [0.717, 1.165) is 12.1 Å². The fourth-order valence-corrected chi connectivity index (χ4v) is 2.17. The van der Waals surface area contributed by atoms with Gasteiger partial charge in [-0.1, -0.05) is 18.2 Å². The molecule has 1 aromatic carbocycles. The lowest BCUT2D eigenvalue weighted by atomic mass is 10.1. The van der Waals surface area contributed by atoms with E-state index in [1.165, 1.54) is 0 Å². The van der Waals surface area contributed by atoms with Gasteiger partial charge in [-0.05, 0) is 11.6 Å². The molecule has 1 atom stereocenters. The lowest BCUT2D eigenvalue weighted by Gasteiger charge is -2.33. The van der Waals surface area contributed by atoms with Gasteiger partial charge < -0.3 is 10.4 Å². The number of nitrogens with zero attached hydrogens (tertiary/aromatic N) is 2. The zero-order valence-corrected chi connectivity index (χ0v) is 9.97. The van der Waals surface area contributed by atoms with Crippen LogP contribution in [0.4, 0.5) is 0 Å². The number of rotatable bonds is 3. The zero-order valence-electron chi connectivity index (χ0n) is 9.97. The smallest absolute Gasteiger partial charge is 0.322 e. The van der Waals surface area contributed by atoms with Crippen molar-refractivity contribution in [1.82, 2.24) is 10.2 Å². The van der Waals surface area contributed by atoms with Gasteiger partial charge in [-0.3, -0.25) is 9.69 Å². The Morgan fingerprint density at radius 2 is 2.33 bits per heavy atom. The van der Waals surface area contributed by atoms with Crippen molar-refractivity contribution in [2.75, 3.05) is 19.6 Å². The number of aliphatic carboxylic acids is 1. The number of carboxylic acids is 1. The van der Waals surface area contributed by atoms with Gasteiger partial charge >= 0.3 is 5.97 Å². The van der Waals surface area contributed by atoms with Crippen LogP contribution in [0.3, 0.4) is 0 Å². The second-order valence-corrected chi connectivity index (χ2v) is 4.30. The maximum absolute atomic E-state index is 11.2. The molecular weight excluding hydrogens is 230 g/mol. The Morgan fingerprint density at radius 1 is 1.56 bits per heavy atom. The van der Waals surface area contributed by atoms with E-state index in [1.807, 2.05) is 23.1 Å². The van der Waals surface area contributed by atoms with E-state index in [2.05, 4.69) is 11.4 Å². The topological polar surface area (TPSA) is 76.4 Å². The summed E-state index contributed by atoms with van der Waals surface area (Å²) in [4.78, 5) is 13.1. The van der Waals surface area contributed by atoms with E-state index >= 15 is 0 Å². The molecule has 1 aliphatic rings. The van der Waals surface area contributed by atoms with E-state index in [9.17, 15) is 4.79 Å². The lowest BCUT2D eigenvalue weighted by molar-refractivity contribution is -0.144. The van der Waals surface area contributed by atoms with Crippen molar-refractivity contribution >= 4 is 5.97 Å². The number of hydrogen-bond acceptors (Lipinski definition) is 4. The first-order valence-electron chi connectivity index (χ1n) is 5.88. The van der Waals surface area contributed by atoms with E-state index < -0.39 is 12.0 Å². The number of carbonyl (C=O) groups is 1. The Kier molecular flexibility index (Phi) is 3.92. The van der Waals surface area contributed by atoms with Crippen molar-refractivity contribution < 1.29 is 9.90 Å². The minimum atomic E-state index is -0.823. The summed E-state index contributed by atoms with van der Waals surface area (Å²) in [6.07, 6.45) is 0. The Bertz CT molecular complexity index is 481. The Hall–Kier alpha value is -1.90. The molecule has 1 saturated heterocycles. The summed E-state index contributed by atoms with van der Waals surface area (Å²) in [7, 11) is 0. The van der Waals surface area contributed by atoms with Crippen molar-refractivity contribution in [1.29, 1.82) is 5.26 Å². The Labute approximate surface area is 106 Å². The van der Waals surface area contributed by atoms with Crippen LogP contribution in [0.2, 0.25) is 0 Å². The fraction of sp³-hybridized carbons (Fsp3) is 0.385. The quantitative estimate of drug-likeness (QED) is 0.807. The number of benzene rings is 1. The average molecular weight is 245 g/mol. The molecule has 94 valence electrons. The summed E-state index contributed by atoms with van der Waals surface area (Å²) in [5.74, 6) is -0.823. The molecule has 2 rings (SSSR count). The largest absolute Gasteiger partial charge is 0.480 e. The molecule has 2 N–H and O–H groups in total. The summed E-state index contributed by atoms with van der Waals surface area (Å²) in [6, 6.07) is 8.93. The molecule has 1 aliphatic heterocycles. The van der Waals surface area contributed by atoms with Crippen LogP contribution in [-0.4, -0.2) is 41.7 Å². The molecule has 18 heavy (non-hydrogen) atoms. The number of nitrogens with one attached hydrogen (secondary N) is 1. The molecule has 1 heterocycles. The predicted molar refractivity (Wildman–Crippen MR) is 65.9 cm³/mol. The maximum atomic E-state index is 11.2. The summed E-state index contributed by atoms with van der Waals surface area (Å²) >= 11 is 0. The SMILES string of the molecule is N#Cc1ccccc1CN1CCNCC1C(=O)O. The van der Waals surface area contributed by atoms with Gasteiger partial charge in [-0.2, -0.15) is 5.26 Å². The van der Waals surface area contributed by atoms with Crippen LogP contribution in [-0.2, 0) is 11.3 Å². The zero-order chi connectivity index (χ0) is 13.0. The number of hydrogen-bond donors (Lipinski definition) is 2. The third kappa shape index (κ3) is 2.67. The molecule has 1 fully saturated rings. The van der Waals surface area contributed by atoms with Crippen LogP contribution in [0, 0.1) is 11.3 Å². The summed E-state index contributed by atoms with van der Waals surface area (Å²) in [5, 5.41) is 21.3. The first kappa shape index (κ1) is 12.6. The molecule has 0 spiro atoms. The van der Waals surface area contributed by atoms with E-state index in [0.29, 0.717) is 25.2 Å². The number of carboxylic acid groups (broad SMARTS) is 1. The Balaban J connectivity index is 2.16. The van der Waals surface area contributed by atoms with Gasteiger partial charge in [0.15, 0.2) is 0 Å². The van der Waals surface area contributed by atoms with Gasteiger partial charge in [-0.25, -0.2) is 0 Å². The molecule has 1 aromatic rings. The third-order valence-electron chi connectivity index (χ3n) is 3.15. The van der Waals surface area contributed by atoms with Crippen molar-refractivity contribution in [3.63, 3.8) is 0 Å². The molecule has 0 aromatic heterocycles. The normalized spacial score (nSPS) is 20.3. The second kappa shape index (κ2) is 5.63. The van der Waals surface area contributed by atoms with Gasteiger partial charge in [0, 0.05) is 26.2 Å². The number of piperazine rings is 1. The molecule has 0 bridgehead atoms. The number of nitriles is 1. The van der Waals surface area contributed by atoms with Crippen LogP contribution in [0.1, 0.15) is 11.1 Å². The van der Waals surface area contributed by atoms with Crippen molar-refractivity contribution in [2.24, 2.45) is 0 Å². The standard InChI is InChI=1S/C13H15N3O2/c14-7-10-3-1-2-4-11(10)9-16-6-5-15-8-12(16)13(17)18/h1-4,12,15H,5-6,8-9H2,(H,17,18). The van der Waals surface area contributed by atoms with Gasteiger partial charge in [0.2, 0.25) is 0 Å². The highest BCUT2D eigenvalue weighted by Gasteiger charge is 2.28. The molecule has 1 unspecified atom stereocenters. The lowest BCUT2D eigenvalue weighted by Crippen LogP contribution is -2.54. The molecule has 0 saturated carbocycles. The second-order valence-electron chi connectivity index (χ2n) is 4.30. The van der Waals surface area contributed by atoms with Gasteiger partial charge in [-0.15, -0.1) is 0 Å². The summed E-state index contributed by atoms with van der Waals surface area (Å²) < 4.78 is 0. The maximum Gasteiger partial charge on any atom is 0.322 e. The summed E-state index contributed by atoms with van der Waals surface area (Å²) in [5.41, 5.74) is 1.49. The molecule has 0 radical (unpaired) electrons. The minimum Gasteiger partial charge on any atom is -0.480 e. The molecule has 0 aliphatic carbocycles. The van der Waals surface area contributed by atoms with Crippen molar-refractivity contribution in [3.8, 4) is 6.07 Å². The van der Waals surface area contributed by atoms with Crippen LogP contribution < -0.4 is 5.32 Å². The van der Waals surface area contributed by atoms with Gasteiger partial charge in [0.05, 0.1) is 11.6 Å².